The Hall–Kier alpha value is -1.72. The van der Waals surface area contributed by atoms with E-state index in [1.165, 1.54) is 0 Å². The van der Waals surface area contributed by atoms with Gasteiger partial charge in [0.2, 0.25) is 0 Å². The van der Waals surface area contributed by atoms with Crippen molar-refractivity contribution in [2.24, 2.45) is 0 Å². The van der Waals surface area contributed by atoms with Gasteiger partial charge in [-0.25, -0.2) is 0 Å². The monoisotopic (exact) mass is 300 g/mol. The van der Waals surface area contributed by atoms with E-state index in [0.717, 1.165) is 48.4 Å². The molecule has 0 aromatic heterocycles. The van der Waals surface area contributed by atoms with Gasteiger partial charge in [0.1, 0.15) is 0 Å². The van der Waals surface area contributed by atoms with Gasteiger partial charge < -0.3 is 20.8 Å². The van der Waals surface area contributed by atoms with E-state index >= 15 is 0 Å². The van der Waals surface area contributed by atoms with E-state index in [4.69, 9.17) is 0 Å². The van der Waals surface area contributed by atoms with Crippen molar-refractivity contribution in [1.82, 2.24) is 10.6 Å². The minimum absolute atomic E-state index is 0.0774. The molecule has 4 nitrogen and oxygen atoms in total. The first-order valence-electron chi connectivity index (χ1n) is 7.62. The van der Waals surface area contributed by atoms with Crippen LogP contribution >= 0.6 is 0 Å². The molecular weight excluding hydrogens is 276 g/mol. The van der Waals surface area contributed by atoms with E-state index in [2.05, 4.69) is 10.6 Å². The van der Waals surface area contributed by atoms with Crippen LogP contribution in [-0.4, -0.2) is 23.3 Å². The fourth-order valence-corrected chi connectivity index (χ4v) is 2.39. The number of benzene rings is 2. The molecule has 2 aromatic rings. The minimum Gasteiger partial charge on any atom is -0.392 e. The molecule has 0 aliphatic rings. The lowest BCUT2D eigenvalue weighted by atomic mass is 10.1. The van der Waals surface area contributed by atoms with Crippen LogP contribution in [0.15, 0.2) is 48.5 Å². The number of aliphatic hydroxyl groups is 2. The zero-order valence-corrected chi connectivity index (χ0v) is 12.8. The van der Waals surface area contributed by atoms with Gasteiger partial charge in [-0.1, -0.05) is 48.5 Å². The number of aliphatic hydroxyl groups excluding tert-OH is 2. The Morgan fingerprint density at radius 3 is 1.32 bits per heavy atom. The average Bonchev–Trinajstić information content (AvgIpc) is 2.58. The first-order chi connectivity index (χ1) is 10.8. The first kappa shape index (κ1) is 16.6. The molecule has 118 valence electrons. The summed E-state index contributed by atoms with van der Waals surface area (Å²) in [7, 11) is 0. The Bertz CT molecular complexity index is 521. The van der Waals surface area contributed by atoms with Crippen molar-refractivity contribution in [3.05, 3.63) is 70.8 Å². The number of hydrogen-bond donors (Lipinski definition) is 4. The van der Waals surface area contributed by atoms with Crippen molar-refractivity contribution >= 4 is 0 Å². The van der Waals surface area contributed by atoms with Crippen LogP contribution in [0.3, 0.4) is 0 Å². The predicted molar refractivity (Wildman–Crippen MR) is 88.1 cm³/mol. The molecule has 0 spiro atoms. The fraction of sp³-hybridized carbons (Fsp3) is 0.333. The Labute approximate surface area is 131 Å². The molecule has 0 radical (unpaired) electrons. The average molecular weight is 300 g/mol. The lowest BCUT2D eigenvalue weighted by molar-refractivity contribution is 0.280. The molecular formula is C18H24N2O2. The van der Waals surface area contributed by atoms with Crippen molar-refractivity contribution in [2.45, 2.75) is 26.3 Å². The number of nitrogens with one attached hydrogen (secondary N) is 2. The van der Waals surface area contributed by atoms with Gasteiger partial charge in [0.05, 0.1) is 13.2 Å². The van der Waals surface area contributed by atoms with Gasteiger partial charge in [0.15, 0.2) is 0 Å². The van der Waals surface area contributed by atoms with Crippen molar-refractivity contribution in [1.29, 1.82) is 0 Å². The van der Waals surface area contributed by atoms with E-state index in [0.29, 0.717) is 0 Å². The van der Waals surface area contributed by atoms with Crippen LogP contribution in [0.4, 0.5) is 0 Å². The fourth-order valence-electron chi connectivity index (χ4n) is 2.39. The molecule has 0 unspecified atom stereocenters. The minimum atomic E-state index is 0.0774. The Balaban J connectivity index is 1.67. The van der Waals surface area contributed by atoms with Crippen LogP contribution < -0.4 is 10.6 Å². The molecule has 0 aliphatic carbocycles. The first-order valence-corrected chi connectivity index (χ1v) is 7.62. The Morgan fingerprint density at radius 1 is 0.591 bits per heavy atom. The molecule has 0 saturated heterocycles. The third kappa shape index (κ3) is 4.93. The normalized spacial score (nSPS) is 10.8. The van der Waals surface area contributed by atoms with Gasteiger partial charge in [-0.2, -0.15) is 0 Å². The highest BCUT2D eigenvalue weighted by atomic mass is 16.3. The molecule has 4 heteroatoms. The standard InChI is InChI=1S/C18H24N2O2/c21-13-17-7-3-1-5-15(17)11-19-9-10-20-12-16-6-2-4-8-18(16)14-22/h1-8,19-22H,9-14H2. The van der Waals surface area contributed by atoms with E-state index in [1.807, 2.05) is 48.5 Å². The Morgan fingerprint density at radius 2 is 0.955 bits per heavy atom. The molecule has 0 bridgehead atoms. The summed E-state index contributed by atoms with van der Waals surface area (Å²) < 4.78 is 0. The second kappa shape index (κ2) is 9.33. The highest BCUT2D eigenvalue weighted by Crippen LogP contribution is 2.08. The van der Waals surface area contributed by atoms with Gasteiger partial charge in [0, 0.05) is 26.2 Å². The lowest BCUT2D eigenvalue weighted by Crippen LogP contribution is -2.27. The summed E-state index contributed by atoms with van der Waals surface area (Å²) in [5, 5.41) is 25.3. The van der Waals surface area contributed by atoms with E-state index in [9.17, 15) is 10.2 Å². The quantitative estimate of drug-likeness (QED) is 0.531. The number of hydrogen-bond acceptors (Lipinski definition) is 4. The smallest absolute Gasteiger partial charge is 0.0685 e. The SMILES string of the molecule is OCc1ccccc1CNCCNCc1ccccc1CO. The Kier molecular flexibility index (Phi) is 7.06. The zero-order chi connectivity index (χ0) is 15.6. The summed E-state index contributed by atoms with van der Waals surface area (Å²) >= 11 is 0. The highest BCUT2D eigenvalue weighted by Gasteiger charge is 2.01. The van der Waals surface area contributed by atoms with Gasteiger partial charge in [-0.3, -0.25) is 0 Å². The summed E-state index contributed by atoms with van der Waals surface area (Å²) in [5.74, 6) is 0. The molecule has 4 N–H and O–H groups in total. The van der Waals surface area contributed by atoms with E-state index in [1.54, 1.807) is 0 Å². The molecule has 0 aliphatic heterocycles. The zero-order valence-electron chi connectivity index (χ0n) is 12.8. The summed E-state index contributed by atoms with van der Waals surface area (Å²) in [4.78, 5) is 0. The summed E-state index contributed by atoms with van der Waals surface area (Å²) in [6, 6.07) is 15.8. The predicted octanol–water partition coefficient (Wildman–Crippen LogP) is 1.55. The maximum absolute atomic E-state index is 9.27. The van der Waals surface area contributed by atoms with Crippen molar-refractivity contribution in [3.63, 3.8) is 0 Å². The van der Waals surface area contributed by atoms with Gasteiger partial charge in [-0.15, -0.1) is 0 Å². The largest absolute Gasteiger partial charge is 0.392 e. The van der Waals surface area contributed by atoms with Crippen LogP contribution in [0.5, 0.6) is 0 Å². The van der Waals surface area contributed by atoms with Crippen molar-refractivity contribution in [2.75, 3.05) is 13.1 Å². The summed E-state index contributed by atoms with van der Waals surface area (Å²) in [6.07, 6.45) is 0. The van der Waals surface area contributed by atoms with Crippen molar-refractivity contribution < 1.29 is 10.2 Å². The molecule has 22 heavy (non-hydrogen) atoms. The second-order valence-electron chi connectivity index (χ2n) is 5.21. The van der Waals surface area contributed by atoms with Crippen LogP contribution in [0.2, 0.25) is 0 Å². The molecule has 2 rings (SSSR count). The molecule has 0 amide bonds. The van der Waals surface area contributed by atoms with Crippen LogP contribution in [0, 0.1) is 0 Å². The third-order valence-electron chi connectivity index (χ3n) is 3.69. The van der Waals surface area contributed by atoms with Crippen LogP contribution in [0.1, 0.15) is 22.3 Å². The second-order valence-corrected chi connectivity index (χ2v) is 5.21. The molecule has 0 fully saturated rings. The summed E-state index contributed by atoms with van der Waals surface area (Å²) in [5.41, 5.74) is 4.21. The molecule has 0 atom stereocenters. The molecule has 2 aromatic carbocycles. The third-order valence-corrected chi connectivity index (χ3v) is 3.69. The number of rotatable bonds is 9. The summed E-state index contributed by atoms with van der Waals surface area (Å²) in [6.45, 7) is 3.36. The van der Waals surface area contributed by atoms with Crippen molar-refractivity contribution in [3.8, 4) is 0 Å². The highest BCUT2D eigenvalue weighted by molar-refractivity contribution is 5.27. The van der Waals surface area contributed by atoms with Crippen LogP contribution in [0.25, 0.3) is 0 Å². The van der Waals surface area contributed by atoms with E-state index in [-0.39, 0.29) is 13.2 Å². The molecule has 0 heterocycles. The topological polar surface area (TPSA) is 64.5 Å². The maximum atomic E-state index is 9.27. The maximum Gasteiger partial charge on any atom is 0.0685 e. The molecule has 0 saturated carbocycles. The van der Waals surface area contributed by atoms with Crippen LogP contribution in [-0.2, 0) is 26.3 Å². The lowest BCUT2D eigenvalue weighted by Gasteiger charge is -2.11. The van der Waals surface area contributed by atoms with Gasteiger partial charge >= 0.3 is 0 Å². The van der Waals surface area contributed by atoms with E-state index < -0.39 is 0 Å². The van der Waals surface area contributed by atoms with Gasteiger partial charge in [0.25, 0.3) is 0 Å². The van der Waals surface area contributed by atoms with Gasteiger partial charge in [-0.05, 0) is 22.3 Å².